The van der Waals surface area contributed by atoms with E-state index >= 15 is 0 Å². The number of aliphatic carboxylic acids is 1. The number of hydrogen-bond donors (Lipinski definition) is 3. The Morgan fingerprint density at radius 3 is 2.61 bits per heavy atom. The number of amides is 1. The first-order valence-corrected chi connectivity index (χ1v) is 6.66. The average molecular weight is 334 g/mol. The molecule has 1 rings (SSSR count). The molecular formula is C11H12BrNO4S. The minimum absolute atomic E-state index is 0.562. The fraction of sp³-hybridized carbons (Fsp3) is 0.273. The van der Waals surface area contributed by atoms with Crippen LogP contribution in [0, 0.1) is 0 Å². The van der Waals surface area contributed by atoms with Crippen LogP contribution in [0.2, 0.25) is 0 Å². The largest absolute Gasteiger partial charge is 0.480 e. The van der Waals surface area contributed by atoms with Gasteiger partial charge in [0.1, 0.15) is 0 Å². The number of aliphatic hydroxyl groups is 1. The molecule has 18 heavy (non-hydrogen) atoms. The Morgan fingerprint density at radius 2 is 2.17 bits per heavy atom. The summed E-state index contributed by atoms with van der Waals surface area (Å²) in [4.78, 5) is 23.1. The molecule has 1 aromatic rings. The molecule has 0 spiro atoms. The summed E-state index contributed by atoms with van der Waals surface area (Å²) in [6, 6.07) is 2.36. The molecule has 0 bridgehead atoms. The van der Waals surface area contributed by atoms with Gasteiger partial charge in [0, 0.05) is 11.0 Å². The maximum Gasteiger partial charge on any atom is 0.328 e. The van der Waals surface area contributed by atoms with Crippen molar-refractivity contribution in [1.82, 2.24) is 5.32 Å². The van der Waals surface area contributed by atoms with Gasteiger partial charge in [0.15, 0.2) is 6.04 Å². The second kappa shape index (κ2) is 6.67. The number of nitrogens with one attached hydrogen (secondary N) is 1. The van der Waals surface area contributed by atoms with Gasteiger partial charge in [-0.3, -0.25) is 4.79 Å². The van der Waals surface area contributed by atoms with Gasteiger partial charge in [0.05, 0.1) is 9.89 Å². The van der Waals surface area contributed by atoms with E-state index in [9.17, 15) is 14.7 Å². The quantitative estimate of drug-likeness (QED) is 0.712. The average Bonchev–Trinajstić information content (AvgIpc) is 2.68. The van der Waals surface area contributed by atoms with E-state index in [1.54, 1.807) is 6.08 Å². The van der Waals surface area contributed by atoms with Crippen LogP contribution in [0.4, 0.5) is 0 Å². The van der Waals surface area contributed by atoms with Gasteiger partial charge in [0.2, 0.25) is 5.91 Å². The third-order valence-corrected chi connectivity index (χ3v) is 3.63. The third-order valence-electron chi connectivity index (χ3n) is 2.04. The van der Waals surface area contributed by atoms with E-state index in [0.717, 1.165) is 8.66 Å². The highest BCUT2D eigenvalue weighted by molar-refractivity contribution is 9.11. The van der Waals surface area contributed by atoms with E-state index in [2.05, 4.69) is 21.2 Å². The first-order chi connectivity index (χ1) is 8.40. The molecule has 1 amide bonds. The number of carbonyl (C=O) groups excluding carboxylic acids is 1. The first kappa shape index (κ1) is 14.9. The predicted octanol–water partition coefficient (Wildman–Crippen LogP) is 1.47. The minimum Gasteiger partial charge on any atom is -0.480 e. The molecule has 0 saturated carbocycles. The zero-order chi connectivity index (χ0) is 13.7. The van der Waals surface area contributed by atoms with Crippen LogP contribution in [0.5, 0.6) is 0 Å². The van der Waals surface area contributed by atoms with Crippen molar-refractivity contribution in [1.29, 1.82) is 0 Å². The van der Waals surface area contributed by atoms with Crippen LogP contribution >= 0.6 is 27.3 Å². The van der Waals surface area contributed by atoms with Crippen molar-refractivity contribution >= 4 is 45.2 Å². The van der Waals surface area contributed by atoms with Crippen molar-refractivity contribution < 1.29 is 19.8 Å². The zero-order valence-electron chi connectivity index (χ0n) is 9.46. The Morgan fingerprint density at radius 1 is 1.50 bits per heavy atom. The minimum atomic E-state index is -1.31. The first-order valence-electron chi connectivity index (χ1n) is 5.05. The Balaban J connectivity index is 2.60. The third kappa shape index (κ3) is 4.59. The summed E-state index contributed by atoms with van der Waals surface area (Å²) in [5.41, 5.74) is 0. The molecule has 0 unspecified atom stereocenters. The molecule has 0 aliphatic rings. The number of carboxylic acid groups (broad SMARTS) is 1. The van der Waals surface area contributed by atoms with E-state index < -0.39 is 24.0 Å². The second-order valence-electron chi connectivity index (χ2n) is 3.54. The van der Waals surface area contributed by atoms with E-state index in [1.807, 2.05) is 12.1 Å². The number of thiophene rings is 1. The molecule has 3 N–H and O–H groups in total. The zero-order valence-corrected chi connectivity index (χ0v) is 11.9. The highest BCUT2D eigenvalue weighted by Crippen LogP contribution is 2.22. The van der Waals surface area contributed by atoms with Gasteiger partial charge >= 0.3 is 5.97 Å². The van der Waals surface area contributed by atoms with Crippen molar-refractivity contribution in [2.24, 2.45) is 0 Å². The van der Waals surface area contributed by atoms with Gasteiger partial charge in [-0.05, 0) is 41.1 Å². The Kier molecular flexibility index (Phi) is 5.52. The topological polar surface area (TPSA) is 86.6 Å². The maximum atomic E-state index is 11.5. The SMILES string of the molecule is C[C@@H](O)[C@H](NC(=O)/C=C/c1ccc(Br)s1)C(=O)O. The van der Waals surface area contributed by atoms with Crippen LogP contribution in [-0.2, 0) is 9.59 Å². The molecular weight excluding hydrogens is 322 g/mol. The highest BCUT2D eigenvalue weighted by atomic mass is 79.9. The number of halogens is 1. The molecule has 0 saturated heterocycles. The summed E-state index contributed by atoms with van der Waals surface area (Å²) < 4.78 is 0.940. The number of rotatable bonds is 5. The summed E-state index contributed by atoms with van der Waals surface area (Å²) in [7, 11) is 0. The van der Waals surface area contributed by atoms with E-state index in [-0.39, 0.29) is 0 Å². The summed E-state index contributed by atoms with van der Waals surface area (Å²) in [5, 5.41) is 20.2. The van der Waals surface area contributed by atoms with Crippen molar-refractivity contribution in [3.05, 3.63) is 26.9 Å². The molecule has 0 aliphatic heterocycles. The van der Waals surface area contributed by atoms with Crippen LogP contribution in [0.1, 0.15) is 11.8 Å². The van der Waals surface area contributed by atoms with Crippen LogP contribution in [-0.4, -0.2) is 34.2 Å². The number of aliphatic hydroxyl groups excluding tert-OH is 1. The van der Waals surface area contributed by atoms with Gasteiger partial charge in [0.25, 0.3) is 0 Å². The molecule has 1 aromatic heterocycles. The van der Waals surface area contributed by atoms with Crippen molar-refractivity contribution in [2.45, 2.75) is 19.1 Å². The Bertz CT molecular complexity index is 469. The number of carboxylic acids is 1. The molecule has 0 aromatic carbocycles. The predicted molar refractivity (Wildman–Crippen MR) is 72.3 cm³/mol. The summed E-state index contributed by atoms with van der Waals surface area (Å²) in [5.74, 6) is -1.83. The Hall–Kier alpha value is -1.18. The second-order valence-corrected chi connectivity index (χ2v) is 6.03. The van der Waals surface area contributed by atoms with Crippen molar-refractivity contribution in [2.75, 3.05) is 0 Å². The lowest BCUT2D eigenvalue weighted by atomic mass is 10.2. The maximum absolute atomic E-state index is 11.5. The van der Waals surface area contributed by atoms with Crippen LogP contribution in [0.25, 0.3) is 6.08 Å². The molecule has 5 nitrogen and oxygen atoms in total. The smallest absolute Gasteiger partial charge is 0.328 e. The monoisotopic (exact) mass is 333 g/mol. The summed E-state index contributed by atoms with van der Waals surface area (Å²) in [6.07, 6.45) is 1.65. The molecule has 98 valence electrons. The highest BCUT2D eigenvalue weighted by Gasteiger charge is 2.23. The molecule has 0 radical (unpaired) electrons. The van der Waals surface area contributed by atoms with Gasteiger partial charge in [-0.2, -0.15) is 0 Å². The van der Waals surface area contributed by atoms with Crippen LogP contribution in [0.15, 0.2) is 22.0 Å². The summed E-state index contributed by atoms with van der Waals surface area (Å²) in [6.45, 7) is 1.30. The van der Waals surface area contributed by atoms with E-state index in [0.29, 0.717) is 0 Å². The lowest BCUT2D eigenvalue weighted by Gasteiger charge is -2.15. The van der Waals surface area contributed by atoms with Crippen molar-refractivity contribution in [3.63, 3.8) is 0 Å². The van der Waals surface area contributed by atoms with Gasteiger partial charge in [-0.25, -0.2) is 4.79 Å². The number of carbonyl (C=O) groups is 2. The van der Waals surface area contributed by atoms with Gasteiger partial charge in [-0.15, -0.1) is 11.3 Å². The number of hydrogen-bond acceptors (Lipinski definition) is 4. The normalized spacial score (nSPS) is 14.4. The van der Waals surface area contributed by atoms with Gasteiger partial charge < -0.3 is 15.5 Å². The van der Waals surface area contributed by atoms with Crippen LogP contribution < -0.4 is 5.32 Å². The van der Waals surface area contributed by atoms with Gasteiger partial charge in [-0.1, -0.05) is 0 Å². The summed E-state index contributed by atoms with van der Waals surface area (Å²) >= 11 is 4.74. The molecule has 0 aliphatic carbocycles. The fourth-order valence-electron chi connectivity index (χ4n) is 1.17. The molecule has 0 fully saturated rings. The lowest BCUT2D eigenvalue weighted by molar-refractivity contribution is -0.144. The molecule has 7 heteroatoms. The standard InChI is InChI=1S/C11H12BrNO4S/c1-6(14)10(11(16)17)13-9(15)5-3-7-2-4-8(12)18-7/h2-6,10,14H,1H3,(H,13,15)(H,16,17)/b5-3+/t6-,10+/m1/s1. The van der Waals surface area contributed by atoms with Crippen molar-refractivity contribution in [3.8, 4) is 0 Å². The fourth-order valence-corrected chi connectivity index (χ4v) is 2.49. The van der Waals surface area contributed by atoms with E-state index in [1.165, 1.54) is 24.3 Å². The van der Waals surface area contributed by atoms with Crippen LogP contribution in [0.3, 0.4) is 0 Å². The lowest BCUT2D eigenvalue weighted by Crippen LogP contribution is -2.47. The Labute approximate surface area is 116 Å². The van der Waals surface area contributed by atoms with E-state index in [4.69, 9.17) is 5.11 Å². The molecule has 1 heterocycles. The molecule has 2 atom stereocenters.